The largest absolute Gasteiger partial charge is 0.403 e. The average molecular weight is 333 g/mol. The van der Waals surface area contributed by atoms with Crippen molar-refractivity contribution < 1.29 is 4.74 Å². The molecule has 0 radical (unpaired) electrons. The Morgan fingerprint density at radius 3 is 2.12 bits per heavy atom. The Morgan fingerprint density at radius 2 is 1.62 bits per heavy atom. The monoisotopic (exact) mass is 333 g/mol. The number of hydrogen-bond donors (Lipinski definition) is 2. The number of rotatable bonds is 7. The Bertz CT molecular complexity index is 715. The van der Waals surface area contributed by atoms with Gasteiger partial charge in [-0.2, -0.15) is 15.0 Å². The fourth-order valence-electron chi connectivity index (χ4n) is 1.85. The number of anilines is 2. The second kappa shape index (κ2) is 7.71. The van der Waals surface area contributed by atoms with Gasteiger partial charge >= 0.3 is 6.01 Å². The van der Waals surface area contributed by atoms with Gasteiger partial charge in [-0.25, -0.2) is 4.68 Å². The van der Waals surface area contributed by atoms with Gasteiger partial charge in [0.25, 0.3) is 5.56 Å². The molecule has 0 unspecified atom stereocenters. The van der Waals surface area contributed by atoms with Crippen LogP contribution in [0.25, 0.3) is 0 Å². The van der Waals surface area contributed by atoms with Gasteiger partial charge in [-0.3, -0.25) is 4.79 Å². The number of aromatic nitrogens is 5. The molecule has 0 aliphatic rings. The van der Waals surface area contributed by atoms with Crippen LogP contribution in [0.3, 0.4) is 0 Å². The number of ether oxygens (including phenoxy) is 1. The Morgan fingerprint density at radius 1 is 1.04 bits per heavy atom. The first-order valence-corrected chi connectivity index (χ1v) is 7.92. The van der Waals surface area contributed by atoms with Crippen LogP contribution in [0.5, 0.6) is 11.9 Å². The van der Waals surface area contributed by atoms with Crippen molar-refractivity contribution in [2.75, 3.05) is 10.6 Å². The Balaban J connectivity index is 2.32. The van der Waals surface area contributed by atoms with Crippen LogP contribution in [0.15, 0.2) is 16.9 Å². The van der Waals surface area contributed by atoms with Gasteiger partial charge in [0.15, 0.2) is 0 Å². The third-order valence-electron chi connectivity index (χ3n) is 2.79. The highest BCUT2D eigenvalue weighted by Crippen LogP contribution is 2.17. The molecule has 0 amide bonds. The van der Waals surface area contributed by atoms with E-state index in [4.69, 9.17) is 4.74 Å². The lowest BCUT2D eigenvalue weighted by Gasteiger charge is -2.13. The first-order valence-electron chi connectivity index (χ1n) is 7.92. The van der Waals surface area contributed by atoms with E-state index in [-0.39, 0.29) is 29.5 Å². The van der Waals surface area contributed by atoms with E-state index in [1.54, 1.807) is 0 Å². The summed E-state index contributed by atoms with van der Waals surface area (Å²) in [5.41, 5.74) is -0.190. The predicted octanol–water partition coefficient (Wildman–Crippen LogP) is 1.88. The zero-order valence-electron chi connectivity index (χ0n) is 14.6. The van der Waals surface area contributed by atoms with Gasteiger partial charge in [-0.1, -0.05) is 0 Å². The summed E-state index contributed by atoms with van der Waals surface area (Å²) in [6.45, 7) is 10.2. The summed E-state index contributed by atoms with van der Waals surface area (Å²) in [6.07, 6.45) is 0. The molecule has 2 heterocycles. The maximum Gasteiger partial charge on any atom is 0.330 e. The smallest absolute Gasteiger partial charge is 0.330 e. The summed E-state index contributed by atoms with van der Waals surface area (Å²) in [6, 6.07) is 3.31. The molecule has 2 aromatic rings. The van der Waals surface area contributed by atoms with Gasteiger partial charge in [0.05, 0.1) is 0 Å². The second-order valence-corrected chi connectivity index (χ2v) is 5.79. The van der Waals surface area contributed by atoms with Crippen molar-refractivity contribution in [1.29, 1.82) is 0 Å². The van der Waals surface area contributed by atoms with Crippen LogP contribution in [-0.2, 0) is 6.54 Å². The van der Waals surface area contributed by atoms with Gasteiger partial charge in [0.1, 0.15) is 0 Å². The number of hydrogen-bond acceptors (Lipinski definition) is 8. The molecule has 9 nitrogen and oxygen atoms in total. The third-order valence-corrected chi connectivity index (χ3v) is 2.79. The third kappa shape index (κ3) is 4.90. The predicted molar refractivity (Wildman–Crippen MR) is 91.6 cm³/mol. The summed E-state index contributed by atoms with van der Waals surface area (Å²) in [4.78, 5) is 24.4. The Kier molecular flexibility index (Phi) is 5.67. The lowest BCUT2D eigenvalue weighted by atomic mass is 10.4. The molecular weight excluding hydrogens is 310 g/mol. The lowest BCUT2D eigenvalue weighted by Crippen LogP contribution is -2.21. The highest BCUT2D eigenvalue weighted by Gasteiger charge is 2.11. The van der Waals surface area contributed by atoms with Crippen LogP contribution in [0.4, 0.5) is 11.9 Å². The van der Waals surface area contributed by atoms with Crippen molar-refractivity contribution in [1.82, 2.24) is 24.7 Å². The summed E-state index contributed by atoms with van der Waals surface area (Å²) < 4.78 is 6.91. The van der Waals surface area contributed by atoms with Crippen LogP contribution in [0, 0.1) is 0 Å². The van der Waals surface area contributed by atoms with E-state index in [1.807, 2.05) is 34.6 Å². The van der Waals surface area contributed by atoms with E-state index in [0.717, 1.165) is 0 Å². The average Bonchev–Trinajstić information content (AvgIpc) is 2.47. The topological polar surface area (TPSA) is 107 Å². The molecule has 0 aliphatic carbocycles. The van der Waals surface area contributed by atoms with Gasteiger partial charge in [0, 0.05) is 30.8 Å². The summed E-state index contributed by atoms with van der Waals surface area (Å²) in [7, 11) is 0. The molecule has 24 heavy (non-hydrogen) atoms. The van der Waals surface area contributed by atoms with Gasteiger partial charge in [-0.15, -0.1) is 5.10 Å². The Labute approximate surface area is 140 Å². The molecule has 2 N–H and O–H groups in total. The van der Waals surface area contributed by atoms with Gasteiger partial charge in [-0.05, 0) is 34.6 Å². The van der Waals surface area contributed by atoms with Crippen LogP contribution < -0.4 is 20.9 Å². The number of nitrogens with one attached hydrogen (secondary N) is 2. The van der Waals surface area contributed by atoms with Crippen molar-refractivity contribution in [2.24, 2.45) is 0 Å². The molecule has 0 atom stereocenters. The molecule has 2 rings (SSSR count). The minimum Gasteiger partial charge on any atom is -0.403 e. The van der Waals surface area contributed by atoms with Crippen LogP contribution >= 0.6 is 0 Å². The molecule has 0 aromatic carbocycles. The van der Waals surface area contributed by atoms with E-state index in [2.05, 4.69) is 30.7 Å². The molecule has 0 bridgehead atoms. The van der Waals surface area contributed by atoms with Crippen molar-refractivity contribution in [3.63, 3.8) is 0 Å². The van der Waals surface area contributed by atoms with Crippen molar-refractivity contribution in [3.8, 4) is 11.9 Å². The first kappa shape index (κ1) is 17.6. The molecule has 0 spiro atoms. The molecule has 2 aromatic heterocycles. The van der Waals surface area contributed by atoms with E-state index in [9.17, 15) is 4.79 Å². The summed E-state index contributed by atoms with van der Waals surface area (Å²) >= 11 is 0. The fourth-order valence-corrected chi connectivity index (χ4v) is 1.85. The van der Waals surface area contributed by atoms with Crippen molar-refractivity contribution in [2.45, 2.75) is 53.2 Å². The number of aryl methyl sites for hydroxylation is 1. The van der Waals surface area contributed by atoms with E-state index in [0.29, 0.717) is 18.4 Å². The van der Waals surface area contributed by atoms with Gasteiger partial charge in [0.2, 0.25) is 17.8 Å². The van der Waals surface area contributed by atoms with E-state index in [1.165, 1.54) is 16.8 Å². The maximum absolute atomic E-state index is 11.6. The molecule has 0 fully saturated rings. The zero-order chi connectivity index (χ0) is 17.7. The number of nitrogens with zero attached hydrogens (tertiary/aromatic N) is 5. The normalized spacial score (nSPS) is 11.0. The Hall–Kier alpha value is -2.71. The standard InChI is InChI=1S/C15H23N7O2/c1-6-22-12(23)8-7-11(21-22)24-15-19-13(16-9(2)3)18-14(20-15)17-10(4)5/h7-10H,6H2,1-5H3,(H2,16,17,18,19,20). The van der Waals surface area contributed by atoms with E-state index < -0.39 is 0 Å². The van der Waals surface area contributed by atoms with Crippen molar-refractivity contribution >= 4 is 11.9 Å². The summed E-state index contributed by atoms with van der Waals surface area (Å²) in [5.74, 6) is 1.05. The molecule has 0 saturated carbocycles. The summed E-state index contributed by atoms with van der Waals surface area (Å²) in [5, 5.41) is 10.3. The second-order valence-electron chi connectivity index (χ2n) is 5.79. The molecule has 0 saturated heterocycles. The highest BCUT2D eigenvalue weighted by atomic mass is 16.5. The minimum atomic E-state index is -0.190. The quantitative estimate of drug-likeness (QED) is 0.791. The SMILES string of the molecule is CCn1nc(Oc2nc(NC(C)C)nc(NC(C)C)n2)ccc1=O. The minimum absolute atomic E-state index is 0.102. The van der Waals surface area contributed by atoms with Crippen molar-refractivity contribution in [3.05, 3.63) is 22.5 Å². The molecular formula is C15H23N7O2. The lowest BCUT2D eigenvalue weighted by molar-refractivity contribution is 0.401. The van der Waals surface area contributed by atoms with Crippen LogP contribution in [-0.4, -0.2) is 36.8 Å². The molecule has 0 aliphatic heterocycles. The molecule has 9 heteroatoms. The van der Waals surface area contributed by atoms with Crippen LogP contribution in [0.2, 0.25) is 0 Å². The fraction of sp³-hybridized carbons (Fsp3) is 0.533. The highest BCUT2D eigenvalue weighted by molar-refractivity contribution is 5.37. The molecule has 130 valence electrons. The zero-order valence-corrected chi connectivity index (χ0v) is 14.6. The first-order chi connectivity index (χ1) is 11.4. The van der Waals surface area contributed by atoms with Gasteiger partial charge < -0.3 is 15.4 Å². The van der Waals surface area contributed by atoms with E-state index >= 15 is 0 Å². The maximum atomic E-state index is 11.6. The van der Waals surface area contributed by atoms with Crippen LogP contribution in [0.1, 0.15) is 34.6 Å².